The van der Waals surface area contributed by atoms with Crippen molar-refractivity contribution in [2.75, 3.05) is 0 Å². The normalized spacial score (nSPS) is 16.9. The second-order valence-electron chi connectivity index (χ2n) is 4.91. The number of nitrogens with zero attached hydrogens (tertiary/aromatic N) is 2. The smallest absolute Gasteiger partial charge is 0.339 e. The van der Waals surface area contributed by atoms with Crippen molar-refractivity contribution in [1.29, 1.82) is 0 Å². The molecular weight excluding hydrogens is 256 g/mol. The first kappa shape index (κ1) is 12.6. The Morgan fingerprint density at radius 1 is 1.40 bits per heavy atom. The van der Waals surface area contributed by atoms with Crippen LogP contribution in [0.4, 0.5) is 0 Å². The number of aryl methyl sites for hydroxylation is 2. The second-order valence-corrected chi connectivity index (χ2v) is 4.91. The van der Waals surface area contributed by atoms with Gasteiger partial charge >= 0.3 is 5.97 Å². The van der Waals surface area contributed by atoms with E-state index in [0.29, 0.717) is 16.8 Å². The topological polar surface area (TPSA) is 61.2 Å². The van der Waals surface area contributed by atoms with Crippen molar-refractivity contribution in [2.24, 2.45) is 7.05 Å². The fraction of sp³-hybridized carbons (Fsp3) is 0.267. The minimum absolute atomic E-state index is 0.0647. The second kappa shape index (κ2) is 4.59. The first-order valence-corrected chi connectivity index (χ1v) is 6.39. The molecule has 0 unspecified atom stereocenters. The van der Waals surface area contributed by atoms with Crippen LogP contribution >= 0.6 is 0 Å². The average Bonchev–Trinajstić information content (AvgIpc) is 2.91. The van der Waals surface area contributed by atoms with E-state index in [2.05, 4.69) is 5.10 Å². The molecule has 5 heteroatoms. The van der Waals surface area contributed by atoms with Gasteiger partial charge in [0, 0.05) is 18.8 Å². The number of aromatic nitrogens is 2. The van der Waals surface area contributed by atoms with Gasteiger partial charge in [0.2, 0.25) is 0 Å². The molecule has 0 aliphatic carbocycles. The van der Waals surface area contributed by atoms with Gasteiger partial charge in [-0.3, -0.25) is 9.48 Å². The summed E-state index contributed by atoms with van der Waals surface area (Å²) in [6.07, 6.45) is 1.35. The summed E-state index contributed by atoms with van der Waals surface area (Å²) in [5.74, 6) is -0.425. The maximum atomic E-state index is 12.3. The Morgan fingerprint density at radius 2 is 2.15 bits per heavy atom. The van der Waals surface area contributed by atoms with Crippen molar-refractivity contribution in [3.8, 4) is 0 Å². The molecule has 2 heterocycles. The average molecular weight is 270 g/mol. The Morgan fingerprint density at radius 3 is 2.85 bits per heavy atom. The molecule has 5 nitrogen and oxygen atoms in total. The number of cyclic esters (lactones) is 1. The maximum Gasteiger partial charge on any atom is 0.339 e. The van der Waals surface area contributed by atoms with Gasteiger partial charge in [-0.2, -0.15) is 5.10 Å². The van der Waals surface area contributed by atoms with Crippen molar-refractivity contribution in [2.45, 2.75) is 19.4 Å². The largest absolute Gasteiger partial charge is 0.453 e. The predicted octanol–water partition coefficient (Wildman–Crippen LogP) is 2.21. The van der Waals surface area contributed by atoms with Crippen LogP contribution in [0, 0.1) is 6.92 Å². The highest BCUT2D eigenvalue weighted by atomic mass is 16.5. The van der Waals surface area contributed by atoms with E-state index in [-0.39, 0.29) is 18.2 Å². The highest BCUT2D eigenvalue weighted by Gasteiger charge is 2.32. The number of Topliss-reactive ketones (excluding diaryl/α,β-unsaturated/α-hetero) is 1. The lowest BCUT2D eigenvalue weighted by Crippen LogP contribution is -2.08. The van der Waals surface area contributed by atoms with Gasteiger partial charge in [-0.05, 0) is 13.0 Å². The maximum absolute atomic E-state index is 12.3. The van der Waals surface area contributed by atoms with Crippen molar-refractivity contribution < 1.29 is 14.3 Å². The molecule has 3 rings (SSSR count). The standard InChI is InChI=1S/C15H14N2O3/c1-9-12(8-17(2)16-9)13(18)7-14-10-5-3-4-6-11(10)15(19)20-14/h3-6,8,14H,7H2,1-2H3/t14-/m0/s1. The van der Waals surface area contributed by atoms with Crippen LogP contribution < -0.4 is 0 Å². The zero-order valence-corrected chi connectivity index (χ0v) is 11.3. The number of hydrogen-bond donors (Lipinski definition) is 0. The summed E-state index contributed by atoms with van der Waals surface area (Å²) < 4.78 is 6.89. The molecule has 0 saturated carbocycles. The summed E-state index contributed by atoms with van der Waals surface area (Å²) in [6.45, 7) is 1.79. The molecule has 1 aromatic carbocycles. The Kier molecular flexibility index (Phi) is 2.89. The molecule has 1 aromatic heterocycles. The van der Waals surface area contributed by atoms with E-state index in [9.17, 15) is 9.59 Å². The van der Waals surface area contributed by atoms with Crippen molar-refractivity contribution >= 4 is 11.8 Å². The summed E-state index contributed by atoms with van der Waals surface area (Å²) >= 11 is 0. The van der Waals surface area contributed by atoms with Crippen LogP contribution in [0.25, 0.3) is 0 Å². The molecule has 1 atom stereocenters. The van der Waals surface area contributed by atoms with Gasteiger partial charge in [0.1, 0.15) is 6.10 Å². The van der Waals surface area contributed by atoms with E-state index < -0.39 is 6.10 Å². The summed E-state index contributed by atoms with van der Waals surface area (Å²) in [6, 6.07) is 7.18. The van der Waals surface area contributed by atoms with Gasteiger partial charge < -0.3 is 4.74 Å². The molecule has 0 saturated heterocycles. The van der Waals surface area contributed by atoms with Crippen LogP contribution in [0.15, 0.2) is 30.5 Å². The highest BCUT2D eigenvalue weighted by Crippen LogP contribution is 2.33. The first-order valence-electron chi connectivity index (χ1n) is 6.39. The number of ketones is 1. The minimum Gasteiger partial charge on any atom is -0.453 e. The third-order valence-electron chi connectivity index (χ3n) is 3.46. The Bertz CT molecular complexity index is 703. The minimum atomic E-state index is -0.495. The number of carbonyl (C=O) groups excluding carboxylic acids is 2. The Balaban J connectivity index is 1.85. The van der Waals surface area contributed by atoms with Gasteiger partial charge in [0.15, 0.2) is 5.78 Å². The molecule has 0 bridgehead atoms. The van der Waals surface area contributed by atoms with Gasteiger partial charge in [0.25, 0.3) is 0 Å². The first-order chi connectivity index (χ1) is 9.56. The molecule has 20 heavy (non-hydrogen) atoms. The molecule has 0 spiro atoms. The fourth-order valence-electron chi connectivity index (χ4n) is 2.52. The molecule has 0 radical (unpaired) electrons. The summed E-state index contributed by atoms with van der Waals surface area (Å²) in [4.78, 5) is 24.0. The lowest BCUT2D eigenvalue weighted by Gasteiger charge is -2.09. The number of rotatable bonds is 3. The van der Waals surface area contributed by atoms with Crippen LogP contribution in [-0.2, 0) is 11.8 Å². The molecule has 0 N–H and O–H groups in total. The molecule has 0 amide bonds. The third-order valence-corrected chi connectivity index (χ3v) is 3.46. The van der Waals surface area contributed by atoms with Gasteiger partial charge in [-0.15, -0.1) is 0 Å². The van der Waals surface area contributed by atoms with Gasteiger partial charge in [-0.1, -0.05) is 18.2 Å². The fourth-order valence-corrected chi connectivity index (χ4v) is 2.52. The lowest BCUT2D eigenvalue weighted by molar-refractivity contribution is 0.0367. The van der Waals surface area contributed by atoms with Crippen molar-refractivity contribution in [3.05, 3.63) is 52.8 Å². The predicted molar refractivity (Wildman–Crippen MR) is 71.5 cm³/mol. The molecular formula is C15H14N2O3. The van der Waals surface area contributed by atoms with Crippen molar-refractivity contribution in [3.63, 3.8) is 0 Å². The number of benzene rings is 1. The molecule has 102 valence electrons. The van der Waals surface area contributed by atoms with Crippen LogP contribution in [-0.4, -0.2) is 21.5 Å². The number of esters is 1. The third kappa shape index (κ3) is 2.01. The van der Waals surface area contributed by atoms with E-state index in [1.165, 1.54) is 0 Å². The van der Waals surface area contributed by atoms with Gasteiger partial charge in [-0.25, -0.2) is 4.79 Å². The number of carbonyl (C=O) groups is 2. The SMILES string of the molecule is Cc1nn(C)cc1C(=O)C[C@@H]1OC(=O)c2ccccc21. The van der Waals surface area contributed by atoms with E-state index in [4.69, 9.17) is 4.74 Å². The number of fused-ring (bicyclic) bond motifs is 1. The van der Waals surface area contributed by atoms with Crippen LogP contribution in [0.1, 0.15) is 44.5 Å². The summed E-state index contributed by atoms with van der Waals surface area (Å²) in [5.41, 5.74) is 2.60. The number of hydrogen-bond acceptors (Lipinski definition) is 4. The van der Waals surface area contributed by atoms with Crippen LogP contribution in [0.3, 0.4) is 0 Å². The van der Waals surface area contributed by atoms with Crippen LogP contribution in [0.2, 0.25) is 0 Å². The molecule has 1 aliphatic heterocycles. The number of ether oxygens (including phenoxy) is 1. The Labute approximate surface area is 116 Å². The van der Waals surface area contributed by atoms with Crippen molar-refractivity contribution in [1.82, 2.24) is 9.78 Å². The zero-order valence-electron chi connectivity index (χ0n) is 11.3. The van der Waals surface area contributed by atoms with E-state index >= 15 is 0 Å². The van der Waals surface area contributed by atoms with Crippen LogP contribution in [0.5, 0.6) is 0 Å². The Hall–Kier alpha value is -2.43. The van der Waals surface area contributed by atoms with E-state index in [1.807, 2.05) is 12.1 Å². The highest BCUT2D eigenvalue weighted by molar-refractivity contribution is 5.99. The molecule has 0 fully saturated rings. The molecule has 1 aliphatic rings. The van der Waals surface area contributed by atoms with E-state index in [0.717, 1.165) is 5.56 Å². The van der Waals surface area contributed by atoms with E-state index in [1.54, 1.807) is 37.0 Å². The quantitative estimate of drug-likeness (QED) is 0.633. The lowest BCUT2D eigenvalue weighted by atomic mass is 9.99. The zero-order chi connectivity index (χ0) is 14.3. The molecule has 2 aromatic rings. The summed E-state index contributed by atoms with van der Waals surface area (Å²) in [5, 5.41) is 4.15. The monoisotopic (exact) mass is 270 g/mol. The summed E-state index contributed by atoms with van der Waals surface area (Å²) in [7, 11) is 1.77. The van der Waals surface area contributed by atoms with Gasteiger partial charge in [0.05, 0.1) is 23.2 Å².